The quantitative estimate of drug-likeness (QED) is 0.463. The highest BCUT2D eigenvalue weighted by atomic mass is 19.1. The number of nitrogens with zero attached hydrogens (tertiary/aromatic N) is 4. The van der Waals surface area contributed by atoms with Gasteiger partial charge in [-0.05, 0) is 51.6 Å². The van der Waals surface area contributed by atoms with Crippen molar-refractivity contribution >= 4 is 0 Å². The van der Waals surface area contributed by atoms with Gasteiger partial charge < -0.3 is 14.4 Å². The molecule has 0 spiro atoms. The Bertz CT molecular complexity index is 1340. The van der Waals surface area contributed by atoms with Gasteiger partial charge in [-0.1, -0.05) is 11.2 Å². The molecule has 32 heavy (non-hydrogen) atoms. The lowest BCUT2D eigenvalue weighted by molar-refractivity contribution is 0.432. The SMILES string of the molecule is CNCc1ccc(-c2cc(-c3nc(-c4ccc(=O)n(C(C)C)c4)cnc3C)on2)c(F)c1.[HH].[HH]. The molecule has 7 nitrogen and oxygen atoms in total. The van der Waals surface area contributed by atoms with E-state index in [-0.39, 0.29) is 20.3 Å². The van der Waals surface area contributed by atoms with Crippen molar-refractivity contribution in [2.45, 2.75) is 33.4 Å². The van der Waals surface area contributed by atoms with E-state index >= 15 is 0 Å². The van der Waals surface area contributed by atoms with Crippen LogP contribution >= 0.6 is 0 Å². The predicted octanol–water partition coefficient (Wildman–Crippen LogP) is 4.87. The van der Waals surface area contributed by atoms with Gasteiger partial charge in [0, 0.05) is 44.9 Å². The van der Waals surface area contributed by atoms with E-state index in [0.29, 0.717) is 40.6 Å². The number of hydrogen-bond acceptors (Lipinski definition) is 6. The summed E-state index contributed by atoms with van der Waals surface area (Å²) >= 11 is 0. The van der Waals surface area contributed by atoms with Crippen molar-refractivity contribution in [2.75, 3.05) is 7.05 Å². The van der Waals surface area contributed by atoms with Crippen molar-refractivity contribution in [1.29, 1.82) is 0 Å². The molecule has 3 aromatic heterocycles. The van der Waals surface area contributed by atoms with Crippen LogP contribution in [0.3, 0.4) is 0 Å². The molecule has 0 saturated carbocycles. The van der Waals surface area contributed by atoms with E-state index in [0.717, 1.165) is 11.1 Å². The fraction of sp³-hybridized carbons (Fsp3) is 0.250. The molecule has 0 aliphatic rings. The van der Waals surface area contributed by atoms with Gasteiger partial charge in [0.2, 0.25) is 0 Å². The lowest BCUT2D eigenvalue weighted by atomic mass is 10.1. The summed E-state index contributed by atoms with van der Waals surface area (Å²) in [6.45, 7) is 6.28. The van der Waals surface area contributed by atoms with Crippen LogP contribution in [0.25, 0.3) is 34.0 Å². The Morgan fingerprint density at radius 1 is 1.19 bits per heavy atom. The Morgan fingerprint density at radius 2 is 2.00 bits per heavy atom. The lowest BCUT2D eigenvalue weighted by Gasteiger charge is -2.11. The van der Waals surface area contributed by atoms with E-state index < -0.39 is 0 Å². The van der Waals surface area contributed by atoms with Crippen LogP contribution in [0.5, 0.6) is 0 Å². The van der Waals surface area contributed by atoms with Crippen molar-refractivity contribution in [1.82, 2.24) is 25.0 Å². The van der Waals surface area contributed by atoms with Crippen molar-refractivity contribution in [3.63, 3.8) is 0 Å². The Morgan fingerprint density at radius 3 is 2.72 bits per heavy atom. The summed E-state index contributed by atoms with van der Waals surface area (Å²) in [6.07, 6.45) is 3.42. The molecule has 0 bridgehead atoms. The number of rotatable bonds is 6. The van der Waals surface area contributed by atoms with Crippen LogP contribution in [0.15, 0.2) is 58.1 Å². The molecule has 4 rings (SSSR count). The molecular formula is C24H28FN5O2. The summed E-state index contributed by atoms with van der Waals surface area (Å²) < 4.78 is 21.8. The first-order valence-electron chi connectivity index (χ1n) is 10.3. The zero-order valence-corrected chi connectivity index (χ0v) is 18.4. The molecule has 0 atom stereocenters. The Kier molecular flexibility index (Phi) is 5.96. The number of aryl methyl sites for hydroxylation is 1. The number of aromatic nitrogens is 4. The van der Waals surface area contributed by atoms with Crippen molar-refractivity contribution in [2.24, 2.45) is 0 Å². The van der Waals surface area contributed by atoms with Gasteiger partial charge in [-0.15, -0.1) is 0 Å². The zero-order chi connectivity index (χ0) is 22.8. The highest BCUT2D eigenvalue weighted by Crippen LogP contribution is 2.29. The van der Waals surface area contributed by atoms with Crippen LogP contribution in [0, 0.1) is 12.7 Å². The number of pyridine rings is 1. The first-order valence-corrected chi connectivity index (χ1v) is 10.3. The molecule has 0 radical (unpaired) electrons. The first kappa shape index (κ1) is 21.6. The third-order valence-electron chi connectivity index (χ3n) is 5.18. The van der Waals surface area contributed by atoms with Crippen LogP contribution in [0.4, 0.5) is 4.39 Å². The molecule has 0 fully saturated rings. The monoisotopic (exact) mass is 437 g/mol. The molecule has 0 aliphatic heterocycles. The second kappa shape index (κ2) is 8.84. The van der Waals surface area contributed by atoms with Crippen molar-refractivity contribution in [3.05, 3.63) is 76.2 Å². The van der Waals surface area contributed by atoms with E-state index in [1.165, 1.54) is 12.1 Å². The van der Waals surface area contributed by atoms with Crippen LogP contribution in [0.2, 0.25) is 0 Å². The van der Waals surface area contributed by atoms with Crippen molar-refractivity contribution < 1.29 is 11.8 Å². The zero-order valence-electron chi connectivity index (χ0n) is 18.4. The fourth-order valence-electron chi connectivity index (χ4n) is 3.47. The van der Waals surface area contributed by atoms with Gasteiger partial charge in [-0.2, -0.15) is 0 Å². The Hall–Kier alpha value is -3.65. The molecule has 8 heteroatoms. The van der Waals surface area contributed by atoms with Gasteiger partial charge in [0.05, 0.1) is 17.6 Å². The molecule has 0 saturated heterocycles. The molecule has 3 heterocycles. The van der Waals surface area contributed by atoms with E-state index in [9.17, 15) is 9.18 Å². The van der Waals surface area contributed by atoms with Crippen LogP contribution in [0.1, 0.15) is 34.0 Å². The average molecular weight is 438 g/mol. The van der Waals surface area contributed by atoms with Crippen molar-refractivity contribution in [3.8, 4) is 34.0 Å². The topological polar surface area (TPSA) is 85.8 Å². The summed E-state index contributed by atoms with van der Waals surface area (Å²) in [4.78, 5) is 21.2. The number of benzene rings is 1. The molecule has 1 aromatic carbocycles. The first-order chi connectivity index (χ1) is 15.4. The molecule has 0 aliphatic carbocycles. The maximum Gasteiger partial charge on any atom is 0.250 e. The van der Waals surface area contributed by atoms with Gasteiger partial charge in [-0.3, -0.25) is 9.78 Å². The largest absolute Gasteiger partial charge is 0.354 e. The predicted molar refractivity (Wildman–Crippen MR) is 125 cm³/mol. The van der Waals surface area contributed by atoms with Crippen LogP contribution in [-0.2, 0) is 6.54 Å². The number of hydrogen-bond donors (Lipinski definition) is 1. The van der Waals surface area contributed by atoms with Gasteiger partial charge in [-0.25, -0.2) is 9.37 Å². The summed E-state index contributed by atoms with van der Waals surface area (Å²) in [6, 6.07) is 9.93. The Balaban J connectivity index is 0.00000204. The highest BCUT2D eigenvalue weighted by molar-refractivity contribution is 5.68. The summed E-state index contributed by atoms with van der Waals surface area (Å²) in [5.74, 6) is 0.0211. The average Bonchev–Trinajstić information content (AvgIpc) is 3.24. The second-order valence-electron chi connectivity index (χ2n) is 7.87. The normalized spacial score (nSPS) is 11.3. The van der Waals surface area contributed by atoms with E-state index in [4.69, 9.17) is 9.51 Å². The molecule has 1 N–H and O–H groups in total. The van der Waals surface area contributed by atoms with Gasteiger partial charge in [0.15, 0.2) is 5.76 Å². The summed E-state index contributed by atoms with van der Waals surface area (Å²) in [5, 5.41) is 7.05. The molecule has 0 unspecified atom stereocenters. The standard InChI is InChI=1S/C24H24FN5O2.2H2/c1-14(2)30-13-17(6-8-23(30)31)21-12-27-15(3)24(28-21)22-10-20(29-32-22)18-7-5-16(11-26-4)9-19(18)25;;/h5-10,12-14,26H,11H2,1-4H3;2*1H. The lowest BCUT2D eigenvalue weighted by Crippen LogP contribution is -2.20. The van der Waals surface area contributed by atoms with E-state index in [1.807, 2.05) is 33.9 Å². The fourth-order valence-corrected chi connectivity index (χ4v) is 3.47. The molecule has 0 amide bonds. The van der Waals surface area contributed by atoms with Crippen LogP contribution < -0.4 is 10.9 Å². The minimum absolute atomic E-state index is 0. The highest BCUT2D eigenvalue weighted by Gasteiger charge is 2.17. The van der Waals surface area contributed by atoms with Gasteiger partial charge >= 0.3 is 0 Å². The minimum atomic E-state index is -0.370. The molecular weight excluding hydrogens is 409 g/mol. The smallest absolute Gasteiger partial charge is 0.250 e. The molecule has 168 valence electrons. The van der Waals surface area contributed by atoms with Crippen LogP contribution in [-0.4, -0.2) is 26.7 Å². The summed E-state index contributed by atoms with van der Waals surface area (Å²) in [5.41, 5.74) is 4.02. The number of halogens is 1. The summed E-state index contributed by atoms with van der Waals surface area (Å²) in [7, 11) is 1.81. The maximum atomic E-state index is 14.6. The minimum Gasteiger partial charge on any atom is -0.354 e. The molecule has 4 aromatic rings. The maximum absolute atomic E-state index is 14.6. The third-order valence-corrected chi connectivity index (χ3v) is 5.18. The van der Waals surface area contributed by atoms with E-state index in [2.05, 4.69) is 15.5 Å². The number of nitrogens with one attached hydrogen (secondary N) is 1. The second-order valence-corrected chi connectivity index (χ2v) is 7.87. The van der Waals surface area contributed by atoms with Gasteiger partial charge in [0.1, 0.15) is 17.2 Å². The Labute approximate surface area is 187 Å². The van der Waals surface area contributed by atoms with E-state index in [1.54, 1.807) is 35.2 Å². The third kappa shape index (κ3) is 4.22. The van der Waals surface area contributed by atoms with Gasteiger partial charge in [0.25, 0.3) is 5.56 Å².